The second-order valence-electron chi connectivity index (χ2n) is 13.2. The van der Waals surface area contributed by atoms with E-state index in [1.165, 1.54) is 38.5 Å². The van der Waals surface area contributed by atoms with Crippen LogP contribution in [0.25, 0.3) is 0 Å². The zero-order chi connectivity index (χ0) is 21.8. The number of ether oxygens (including phenoxy) is 2. The number of fused-ring (bicyclic) bond motifs is 7. The summed E-state index contributed by atoms with van der Waals surface area (Å²) in [4.78, 5) is 0. The van der Waals surface area contributed by atoms with Crippen molar-refractivity contribution >= 4 is 0 Å². The number of hydrogen-bond acceptors (Lipinski definition) is 4. The third-order valence-corrected chi connectivity index (χ3v) is 12.0. The van der Waals surface area contributed by atoms with E-state index < -0.39 is 12.2 Å². The molecule has 4 nitrogen and oxygen atoms in total. The largest absolute Gasteiger partial charge is 0.390 e. The van der Waals surface area contributed by atoms with E-state index in [2.05, 4.69) is 27.7 Å². The van der Waals surface area contributed by atoms with Crippen molar-refractivity contribution in [1.29, 1.82) is 0 Å². The number of aliphatic hydroxyl groups excluding tert-OH is 2. The Morgan fingerprint density at radius 2 is 1.65 bits per heavy atom. The Labute approximate surface area is 188 Å². The summed E-state index contributed by atoms with van der Waals surface area (Å²) in [6.07, 6.45) is 9.51. The van der Waals surface area contributed by atoms with Crippen molar-refractivity contribution in [2.45, 2.75) is 110 Å². The Morgan fingerprint density at radius 3 is 2.39 bits per heavy atom. The maximum absolute atomic E-state index is 10.6. The predicted molar refractivity (Wildman–Crippen MR) is 119 cm³/mol. The highest BCUT2D eigenvalue weighted by Gasteiger charge is 2.69. The van der Waals surface area contributed by atoms with Crippen molar-refractivity contribution in [3.63, 3.8) is 0 Å². The minimum absolute atomic E-state index is 0.191. The highest BCUT2D eigenvalue weighted by atomic mass is 16.7. The Balaban J connectivity index is 1.26. The molecular formula is C27H44O4. The highest BCUT2D eigenvalue weighted by molar-refractivity contribution is 5.15. The van der Waals surface area contributed by atoms with Crippen molar-refractivity contribution in [3.8, 4) is 0 Å². The van der Waals surface area contributed by atoms with E-state index in [0.29, 0.717) is 41.1 Å². The van der Waals surface area contributed by atoms with E-state index in [0.717, 1.165) is 37.7 Å². The molecule has 4 saturated carbocycles. The average molecular weight is 433 g/mol. The van der Waals surface area contributed by atoms with Crippen molar-refractivity contribution < 1.29 is 19.7 Å². The van der Waals surface area contributed by atoms with Crippen LogP contribution in [0.2, 0.25) is 0 Å². The first kappa shape index (κ1) is 21.4. The molecule has 0 radical (unpaired) electrons. The lowest BCUT2D eigenvalue weighted by molar-refractivity contribution is -0.273. The van der Waals surface area contributed by atoms with Gasteiger partial charge in [-0.2, -0.15) is 0 Å². The van der Waals surface area contributed by atoms with Crippen LogP contribution in [0, 0.1) is 52.3 Å². The van der Waals surface area contributed by atoms with E-state index in [9.17, 15) is 10.2 Å². The van der Waals surface area contributed by atoms with Crippen molar-refractivity contribution in [1.82, 2.24) is 0 Å². The van der Waals surface area contributed by atoms with Crippen LogP contribution in [0.5, 0.6) is 0 Å². The van der Waals surface area contributed by atoms with Gasteiger partial charge in [-0.3, -0.25) is 0 Å². The fraction of sp³-hybridized carbons (Fsp3) is 1.00. The van der Waals surface area contributed by atoms with Crippen molar-refractivity contribution in [3.05, 3.63) is 0 Å². The van der Waals surface area contributed by atoms with Crippen LogP contribution in [-0.4, -0.2) is 40.9 Å². The van der Waals surface area contributed by atoms with Gasteiger partial charge in [0.25, 0.3) is 0 Å². The molecule has 0 aromatic heterocycles. The van der Waals surface area contributed by atoms with Crippen LogP contribution >= 0.6 is 0 Å². The zero-order valence-corrected chi connectivity index (χ0v) is 20.1. The summed E-state index contributed by atoms with van der Waals surface area (Å²) < 4.78 is 13.3. The average Bonchev–Trinajstić information content (AvgIpc) is 3.16. The smallest absolute Gasteiger partial charge is 0.171 e. The maximum Gasteiger partial charge on any atom is 0.171 e. The Bertz CT molecular complexity index is 716. The Kier molecular flexibility index (Phi) is 4.78. The third kappa shape index (κ3) is 2.80. The molecule has 0 unspecified atom stereocenters. The van der Waals surface area contributed by atoms with Gasteiger partial charge < -0.3 is 19.7 Å². The first-order chi connectivity index (χ1) is 14.7. The molecule has 13 atom stereocenters. The lowest BCUT2D eigenvalue weighted by Gasteiger charge is -2.61. The van der Waals surface area contributed by atoms with E-state index in [4.69, 9.17) is 9.47 Å². The van der Waals surface area contributed by atoms with Crippen LogP contribution in [0.1, 0.15) is 85.5 Å². The second-order valence-corrected chi connectivity index (χ2v) is 13.2. The molecule has 6 aliphatic rings. The van der Waals surface area contributed by atoms with E-state index in [-0.39, 0.29) is 11.2 Å². The third-order valence-electron chi connectivity index (χ3n) is 12.0. The van der Waals surface area contributed by atoms with E-state index >= 15 is 0 Å². The molecule has 0 aromatic carbocycles. The summed E-state index contributed by atoms with van der Waals surface area (Å²) in [6, 6.07) is 0. The topological polar surface area (TPSA) is 58.9 Å². The van der Waals surface area contributed by atoms with Crippen LogP contribution < -0.4 is 0 Å². The Hall–Kier alpha value is -0.160. The molecule has 0 aromatic rings. The first-order valence-corrected chi connectivity index (χ1v) is 13.4. The predicted octanol–water partition coefficient (Wildman–Crippen LogP) is 4.76. The monoisotopic (exact) mass is 432 g/mol. The number of aliphatic hydroxyl groups is 2. The van der Waals surface area contributed by atoms with Crippen LogP contribution in [0.4, 0.5) is 0 Å². The molecular weight excluding hydrogens is 388 g/mol. The van der Waals surface area contributed by atoms with Crippen molar-refractivity contribution in [2.75, 3.05) is 6.61 Å². The number of hydrogen-bond donors (Lipinski definition) is 2. The summed E-state index contributed by atoms with van der Waals surface area (Å²) in [5.74, 6) is 4.21. The summed E-state index contributed by atoms with van der Waals surface area (Å²) in [7, 11) is 0. The van der Waals surface area contributed by atoms with Gasteiger partial charge in [-0.15, -0.1) is 0 Å². The van der Waals surface area contributed by atoms with Gasteiger partial charge in [0.05, 0.1) is 24.9 Å². The summed E-state index contributed by atoms with van der Waals surface area (Å²) >= 11 is 0. The molecule has 0 amide bonds. The molecule has 6 fully saturated rings. The lowest BCUT2D eigenvalue weighted by Crippen LogP contribution is -2.57. The van der Waals surface area contributed by atoms with Gasteiger partial charge in [0.2, 0.25) is 0 Å². The molecule has 176 valence electrons. The number of rotatable bonds is 0. The van der Waals surface area contributed by atoms with Gasteiger partial charge >= 0.3 is 0 Å². The zero-order valence-electron chi connectivity index (χ0n) is 20.1. The summed E-state index contributed by atoms with van der Waals surface area (Å²) in [5.41, 5.74) is 0.550. The SMILES string of the molecule is C[C@H]1CC[C@@]2(OC1)O[C@H]1C[C@@H]3[C@@H]4CC[C@@H]5C[C@@H](O)[C@@H](O)C[C@@]5(C)[C@H]4CC[C@@]3(C)[C@H]1[C@@H]2C. The molecule has 31 heavy (non-hydrogen) atoms. The standard InChI is InChI=1S/C27H44O4/c1-15-7-10-27(30-14-15)16(2)24-23(31-27)12-20-18-6-5-17-11-21(28)22(29)13-26(17,4)19(18)8-9-25(20,24)3/h15-24,28-29H,5-14H2,1-4H3/t15-,16-,17+,18+,19-,20+,21+,22-,23-,24-,25+,26+,27+/m0/s1. The molecule has 4 aliphatic carbocycles. The van der Waals surface area contributed by atoms with Gasteiger partial charge in [0, 0.05) is 12.3 Å². The molecule has 2 N–H and O–H groups in total. The molecule has 2 heterocycles. The van der Waals surface area contributed by atoms with Crippen LogP contribution in [0.15, 0.2) is 0 Å². The molecule has 2 aliphatic heterocycles. The summed E-state index contributed by atoms with van der Waals surface area (Å²) in [5, 5.41) is 20.9. The van der Waals surface area contributed by atoms with Gasteiger partial charge in [-0.1, -0.05) is 27.7 Å². The van der Waals surface area contributed by atoms with Crippen LogP contribution in [-0.2, 0) is 9.47 Å². The van der Waals surface area contributed by atoms with Crippen molar-refractivity contribution in [2.24, 2.45) is 52.3 Å². The van der Waals surface area contributed by atoms with E-state index in [1.54, 1.807) is 0 Å². The molecule has 4 heteroatoms. The highest BCUT2D eigenvalue weighted by Crippen LogP contribution is 2.71. The molecule has 1 spiro atoms. The lowest BCUT2D eigenvalue weighted by atomic mass is 9.44. The first-order valence-electron chi connectivity index (χ1n) is 13.4. The Morgan fingerprint density at radius 1 is 0.839 bits per heavy atom. The second kappa shape index (κ2) is 6.93. The van der Waals surface area contributed by atoms with Gasteiger partial charge in [0.1, 0.15) is 0 Å². The van der Waals surface area contributed by atoms with Gasteiger partial charge in [-0.25, -0.2) is 0 Å². The van der Waals surface area contributed by atoms with Crippen LogP contribution in [0.3, 0.4) is 0 Å². The fourth-order valence-corrected chi connectivity index (χ4v) is 10.3. The normalized spacial score (nSPS) is 63.3. The fourth-order valence-electron chi connectivity index (χ4n) is 10.3. The van der Waals surface area contributed by atoms with E-state index in [1.807, 2.05) is 0 Å². The molecule has 0 bridgehead atoms. The quantitative estimate of drug-likeness (QED) is 0.579. The molecule has 2 saturated heterocycles. The van der Waals surface area contributed by atoms with Gasteiger partial charge in [-0.05, 0) is 97.7 Å². The van der Waals surface area contributed by atoms with Gasteiger partial charge in [0.15, 0.2) is 5.79 Å². The minimum atomic E-state index is -0.537. The maximum atomic E-state index is 10.6. The summed E-state index contributed by atoms with van der Waals surface area (Å²) in [6.45, 7) is 10.6. The molecule has 6 rings (SSSR count). The minimum Gasteiger partial charge on any atom is -0.390 e.